The zero-order valence-corrected chi connectivity index (χ0v) is 20.8. The molecule has 34 heavy (non-hydrogen) atoms. The van der Waals surface area contributed by atoms with Gasteiger partial charge in [0.25, 0.3) is 10.2 Å². The first kappa shape index (κ1) is 25.2. The van der Waals surface area contributed by atoms with E-state index in [1.807, 2.05) is 18.2 Å². The highest BCUT2D eigenvalue weighted by Gasteiger charge is 2.44. The van der Waals surface area contributed by atoms with E-state index in [0.717, 1.165) is 5.56 Å². The number of benzene rings is 1. The number of hydrogen-bond acceptors (Lipinski definition) is 7. The summed E-state index contributed by atoms with van der Waals surface area (Å²) >= 11 is 0. The lowest BCUT2D eigenvalue weighted by atomic mass is 9.98. The second-order valence-electron chi connectivity index (χ2n) is 8.93. The molecule has 190 valence electrons. The summed E-state index contributed by atoms with van der Waals surface area (Å²) in [7, 11) is -0.429. The zero-order valence-electron chi connectivity index (χ0n) is 20.0. The second kappa shape index (κ2) is 10.8. The molecular formula is C23H35N3O7S. The summed E-state index contributed by atoms with van der Waals surface area (Å²) in [6, 6.07) is 5.59. The first-order valence-electron chi connectivity index (χ1n) is 11.9. The highest BCUT2D eigenvalue weighted by atomic mass is 32.2. The molecule has 1 spiro atoms. The molecule has 3 aliphatic heterocycles. The number of carbonyl (C=O) groups excluding carboxylic acids is 1. The quantitative estimate of drug-likeness (QED) is 0.574. The molecule has 0 aromatic heterocycles. The molecule has 1 aromatic carbocycles. The molecule has 1 atom stereocenters. The van der Waals surface area contributed by atoms with E-state index in [-0.39, 0.29) is 18.4 Å². The molecule has 3 aliphatic rings. The fourth-order valence-electron chi connectivity index (χ4n) is 4.90. The number of piperidine rings is 2. The maximum absolute atomic E-state index is 13.2. The molecule has 0 bridgehead atoms. The third-order valence-corrected chi connectivity index (χ3v) is 8.90. The Balaban J connectivity index is 1.29. The molecule has 0 saturated carbocycles. The molecule has 11 heteroatoms. The third kappa shape index (κ3) is 5.49. The highest BCUT2D eigenvalue weighted by Crippen LogP contribution is 2.33. The summed E-state index contributed by atoms with van der Waals surface area (Å²) in [5.41, 5.74) is 0.967. The van der Waals surface area contributed by atoms with Gasteiger partial charge in [0, 0.05) is 51.6 Å². The summed E-state index contributed by atoms with van der Waals surface area (Å²) < 4.78 is 51.5. The summed E-state index contributed by atoms with van der Waals surface area (Å²) in [4.78, 5) is 12.8. The Kier molecular flexibility index (Phi) is 7.98. The standard InChI is InChI=1S/C23H35N3O7S/c1-30-20-6-5-18(21(16-20)31-2)7-10-24-22(27)19-4-3-11-26(17-19)34(28,29)25-12-8-23(9-13-25)32-14-15-33-23/h5-6,16,19H,3-4,7-15,17H2,1-2H3,(H,24,27)/t19-/m0/s1. The van der Waals surface area contributed by atoms with Crippen LogP contribution in [0.5, 0.6) is 11.5 Å². The normalized spacial score (nSPS) is 23.6. The van der Waals surface area contributed by atoms with Crippen molar-refractivity contribution in [1.29, 1.82) is 0 Å². The monoisotopic (exact) mass is 497 g/mol. The molecule has 0 unspecified atom stereocenters. The Morgan fingerprint density at radius 2 is 1.85 bits per heavy atom. The smallest absolute Gasteiger partial charge is 0.282 e. The zero-order chi connectivity index (χ0) is 24.2. The van der Waals surface area contributed by atoms with Crippen molar-refractivity contribution in [3.8, 4) is 11.5 Å². The minimum absolute atomic E-state index is 0.113. The second-order valence-corrected chi connectivity index (χ2v) is 10.9. The Bertz CT molecular complexity index is 955. The summed E-state index contributed by atoms with van der Waals surface area (Å²) in [6.45, 7) is 2.91. The Morgan fingerprint density at radius 1 is 1.12 bits per heavy atom. The largest absolute Gasteiger partial charge is 0.497 e. The average molecular weight is 498 g/mol. The van der Waals surface area contributed by atoms with Gasteiger partial charge in [-0.25, -0.2) is 0 Å². The van der Waals surface area contributed by atoms with Crippen LogP contribution in [-0.2, 0) is 30.9 Å². The van der Waals surface area contributed by atoms with E-state index >= 15 is 0 Å². The number of carbonyl (C=O) groups is 1. The van der Waals surface area contributed by atoms with Crippen molar-refractivity contribution < 1.29 is 32.2 Å². The molecule has 1 aromatic rings. The van der Waals surface area contributed by atoms with Crippen LogP contribution in [0.2, 0.25) is 0 Å². The van der Waals surface area contributed by atoms with Crippen LogP contribution in [0.25, 0.3) is 0 Å². The number of rotatable bonds is 8. The van der Waals surface area contributed by atoms with Gasteiger partial charge in [0.05, 0.1) is 33.4 Å². The topological polar surface area (TPSA) is 107 Å². The minimum atomic E-state index is -3.63. The van der Waals surface area contributed by atoms with Crippen LogP contribution in [0.3, 0.4) is 0 Å². The van der Waals surface area contributed by atoms with Gasteiger partial charge in [-0.15, -0.1) is 0 Å². The first-order valence-corrected chi connectivity index (χ1v) is 13.3. The van der Waals surface area contributed by atoms with Crippen molar-refractivity contribution in [1.82, 2.24) is 13.9 Å². The van der Waals surface area contributed by atoms with Gasteiger partial charge in [-0.2, -0.15) is 17.0 Å². The molecule has 0 radical (unpaired) electrons. The van der Waals surface area contributed by atoms with E-state index in [4.69, 9.17) is 18.9 Å². The van der Waals surface area contributed by atoms with Gasteiger partial charge in [0.1, 0.15) is 11.5 Å². The van der Waals surface area contributed by atoms with Crippen LogP contribution in [0.1, 0.15) is 31.2 Å². The van der Waals surface area contributed by atoms with Crippen molar-refractivity contribution >= 4 is 16.1 Å². The number of amides is 1. The predicted molar refractivity (Wildman–Crippen MR) is 125 cm³/mol. The number of ether oxygens (including phenoxy) is 4. The number of nitrogens with one attached hydrogen (secondary N) is 1. The van der Waals surface area contributed by atoms with Crippen LogP contribution in [0, 0.1) is 5.92 Å². The third-order valence-electron chi connectivity index (χ3n) is 6.89. The van der Waals surface area contributed by atoms with Gasteiger partial charge >= 0.3 is 0 Å². The molecule has 3 fully saturated rings. The number of hydrogen-bond donors (Lipinski definition) is 1. The molecule has 0 aliphatic carbocycles. The Hall–Kier alpha value is -1.92. The van der Waals surface area contributed by atoms with E-state index < -0.39 is 16.0 Å². The van der Waals surface area contributed by atoms with Crippen LogP contribution in [0.4, 0.5) is 0 Å². The van der Waals surface area contributed by atoms with Crippen LogP contribution in [0.15, 0.2) is 18.2 Å². The van der Waals surface area contributed by atoms with Gasteiger partial charge < -0.3 is 24.3 Å². The molecule has 3 saturated heterocycles. The molecule has 3 heterocycles. The fraction of sp³-hybridized carbons (Fsp3) is 0.696. The maximum atomic E-state index is 13.2. The van der Waals surface area contributed by atoms with E-state index in [2.05, 4.69) is 5.32 Å². The molecule has 10 nitrogen and oxygen atoms in total. The Labute approximate surface area is 201 Å². The minimum Gasteiger partial charge on any atom is -0.497 e. The number of methoxy groups -OCH3 is 2. The highest BCUT2D eigenvalue weighted by molar-refractivity contribution is 7.86. The first-order chi connectivity index (χ1) is 16.4. The van der Waals surface area contributed by atoms with Crippen molar-refractivity contribution in [2.75, 3.05) is 60.2 Å². The van der Waals surface area contributed by atoms with Gasteiger partial charge in [0.2, 0.25) is 5.91 Å². The average Bonchev–Trinajstić information content (AvgIpc) is 3.32. The number of nitrogens with zero attached hydrogens (tertiary/aromatic N) is 2. The van der Waals surface area contributed by atoms with Crippen LogP contribution in [-0.4, -0.2) is 88.9 Å². The van der Waals surface area contributed by atoms with E-state index in [9.17, 15) is 13.2 Å². The van der Waals surface area contributed by atoms with Crippen LogP contribution < -0.4 is 14.8 Å². The molecule has 1 N–H and O–H groups in total. The maximum Gasteiger partial charge on any atom is 0.282 e. The van der Waals surface area contributed by atoms with Crippen molar-refractivity contribution in [2.24, 2.45) is 5.92 Å². The summed E-state index contributed by atoms with van der Waals surface area (Å²) in [6.07, 6.45) is 2.99. The van der Waals surface area contributed by atoms with E-state index in [1.54, 1.807) is 14.2 Å². The molecule has 1 amide bonds. The molecular weight excluding hydrogens is 462 g/mol. The van der Waals surface area contributed by atoms with Gasteiger partial charge in [-0.3, -0.25) is 4.79 Å². The summed E-state index contributed by atoms with van der Waals surface area (Å²) in [5, 5.41) is 2.97. The van der Waals surface area contributed by atoms with E-state index in [0.29, 0.717) is 83.0 Å². The lowest BCUT2D eigenvalue weighted by molar-refractivity contribution is -0.179. The SMILES string of the molecule is COc1ccc(CCNC(=O)[C@H]2CCCN(S(=O)(=O)N3CCC4(CC3)OCCO4)C2)c(OC)c1. The molecule has 4 rings (SSSR count). The Morgan fingerprint density at radius 3 is 2.53 bits per heavy atom. The lowest BCUT2D eigenvalue weighted by Crippen LogP contribution is -2.54. The van der Waals surface area contributed by atoms with Crippen molar-refractivity contribution in [2.45, 2.75) is 37.9 Å². The van der Waals surface area contributed by atoms with Gasteiger partial charge in [-0.1, -0.05) is 6.07 Å². The fourth-order valence-corrected chi connectivity index (χ4v) is 6.59. The lowest BCUT2D eigenvalue weighted by Gasteiger charge is -2.40. The predicted octanol–water partition coefficient (Wildman–Crippen LogP) is 1.16. The van der Waals surface area contributed by atoms with Crippen molar-refractivity contribution in [3.05, 3.63) is 23.8 Å². The summed E-state index contributed by atoms with van der Waals surface area (Å²) in [5.74, 6) is 0.320. The van der Waals surface area contributed by atoms with E-state index in [1.165, 1.54) is 8.61 Å². The van der Waals surface area contributed by atoms with Crippen molar-refractivity contribution in [3.63, 3.8) is 0 Å². The van der Waals surface area contributed by atoms with Gasteiger partial charge in [-0.05, 0) is 30.9 Å². The van der Waals surface area contributed by atoms with Crippen LogP contribution >= 0.6 is 0 Å². The van der Waals surface area contributed by atoms with Gasteiger partial charge in [0.15, 0.2) is 5.79 Å².